The highest BCUT2D eigenvalue weighted by Gasteiger charge is 2.35. The van der Waals surface area contributed by atoms with Crippen LogP contribution >= 0.6 is 0 Å². The third-order valence-electron chi connectivity index (χ3n) is 3.68. The number of rotatable bonds is 4. The van der Waals surface area contributed by atoms with Gasteiger partial charge in [0.05, 0.1) is 0 Å². The van der Waals surface area contributed by atoms with Gasteiger partial charge in [-0.25, -0.2) is 0 Å². The number of carbonyl (C=O) groups is 1. The summed E-state index contributed by atoms with van der Waals surface area (Å²) >= 11 is 0. The van der Waals surface area contributed by atoms with Gasteiger partial charge in [-0.2, -0.15) is 0 Å². The Bertz CT molecular complexity index is 203. The predicted molar refractivity (Wildman–Crippen MR) is 61.7 cm³/mol. The molecule has 2 heteroatoms. The van der Waals surface area contributed by atoms with Crippen molar-refractivity contribution in [1.29, 1.82) is 0 Å². The lowest BCUT2D eigenvalue weighted by atomic mass is 9.85. The Morgan fingerprint density at radius 3 is 2.27 bits per heavy atom. The zero-order valence-corrected chi connectivity index (χ0v) is 10.1. The van der Waals surface area contributed by atoms with E-state index >= 15 is 0 Å². The Morgan fingerprint density at radius 1 is 1.27 bits per heavy atom. The van der Waals surface area contributed by atoms with E-state index in [0.717, 1.165) is 19.3 Å². The predicted octanol–water partition coefficient (Wildman–Crippen LogP) is 3.08. The maximum atomic E-state index is 12.0. The monoisotopic (exact) mass is 212 g/mol. The maximum absolute atomic E-state index is 12.0. The molecule has 1 unspecified atom stereocenters. The minimum absolute atomic E-state index is 0.0822. The molecule has 1 aliphatic rings. The molecule has 1 saturated carbocycles. The van der Waals surface area contributed by atoms with Crippen LogP contribution < -0.4 is 0 Å². The number of ketones is 1. The third kappa shape index (κ3) is 3.60. The molecule has 0 aromatic rings. The normalized spacial score (nSPS) is 23.1. The highest BCUT2D eigenvalue weighted by atomic mass is 16.3. The summed E-state index contributed by atoms with van der Waals surface area (Å²) in [6.45, 7) is 4.17. The van der Waals surface area contributed by atoms with Crippen LogP contribution in [0, 0.1) is 5.92 Å². The molecule has 1 atom stereocenters. The molecular formula is C13H24O2. The Labute approximate surface area is 93.1 Å². The summed E-state index contributed by atoms with van der Waals surface area (Å²) in [5, 5.41) is 10.3. The standard InChI is InChI=1S/C13H24O2/c1-3-11(2)10-12(14)13(15)8-6-4-5-7-9-13/h11,15H,3-10H2,1-2H3. The first-order valence-corrected chi connectivity index (χ1v) is 6.34. The molecule has 88 valence electrons. The van der Waals surface area contributed by atoms with Crippen molar-refractivity contribution in [3.8, 4) is 0 Å². The van der Waals surface area contributed by atoms with Gasteiger partial charge in [0.25, 0.3) is 0 Å². The van der Waals surface area contributed by atoms with Gasteiger partial charge in [-0.1, -0.05) is 46.0 Å². The Balaban J connectivity index is 2.54. The van der Waals surface area contributed by atoms with Gasteiger partial charge in [0.15, 0.2) is 5.78 Å². The summed E-state index contributed by atoms with van der Waals surface area (Å²) in [5.74, 6) is 0.489. The topological polar surface area (TPSA) is 37.3 Å². The van der Waals surface area contributed by atoms with E-state index < -0.39 is 5.60 Å². The van der Waals surface area contributed by atoms with E-state index in [1.165, 1.54) is 12.8 Å². The highest BCUT2D eigenvalue weighted by molar-refractivity contribution is 5.87. The van der Waals surface area contributed by atoms with Crippen molar-refractivity contribution in [2.45, 2.75) is 70.8 Å². The molecule has 0 radical (unpaired) electrons. The molecule has 0 amide bonds. The van der Waals surface area contributed by atoms with Crippen molar-refractivity contribution in [3.63, 3.8) is 0 Å². The second-order valence-electron chi connectivity index (χ2n) is 5.09. The van der Waals surface area contributed by atoms with Gasteiger partial charge >= 0.3 is 0 Å². The van der Waals surface area contributed by atoms with Crippen molar-refractivity contribution in [2.75, 3.05) is 0 Å². The van der Waals surface area contributed by atoms with Crippen LogP contribution in [-0.2, 0) is 4.79 Å². The van der Waals surface area contributed by atoms with Crippen LogP contribution in [0.5, 0.6) is 0 Å². The Hall–Kier alpha value is -0.370. The fourth-order valence-electron chi connectivity index (χ4n) is 2.24. The molecular weight excluding hydrogens is 188 g/mol. The Morgan fingerprint density at radius 2 is 1.80 bits per heavy atom. The maximum Gasteiger partial charge on any atom is 0.164 e. The lowest BCUT2D eigenvalue weighted by Gasteiger charge is -2.26. The summed E-state index contributed by atoms with van der Waals surface area (Å²) in [5.41, 5.74) is -0.986. The van der Waals surface area contributed by atoms with Crippen molar-refractivity contribution >= 4 is 5.78 Å². The summed E-state index contributed by atoms with van der Waals surface area (Å²) < 4.78 is 0. The van der Waals surface area contributed by atoms with Crippen LogP contribution in [0.15, 0.2) is 0 Å². The first kappa shape index (κ1) is 12.7. The van der Waals surface area contributed by atoms with Gasteiger partial charge in [-0.15, -0.1) is 0 Å². The smallest absolute Gasteiger partial charge is 0.164 e. The molecule has 2 nitrogen and oxygen atoms in total. The van der Waals surface area contributed by atoms with E-state index in [9.17, 15) is 9.90 Å². The molecule has 1 fully saturated rings. The molecule has 0 aliphatic heterocycles. The number of hydrogen-bond acceptors (Lipinski definition) is 2. The van der Waals surface area contributed by atoms with E-state index in [0.29, 0.717) is 25.2 Å². The van der Waals surface area contributed by atoms with E-state index in [2.05, 4.69) is 13.8 Å². The largest absolute Gasteiger partial charge is 0.382 e. The summed E-state index contributed by atoms with van der Waals surface area (Å²) in [7, 11) is 0. The first-order chi connectivity index (χ1) is 7.08. The fraction of sp³-hybridized carbons (Fsp3) is 0.923. The average Bonchev–Trinajstić information content (AvgIpc) is 2.44. The van der Waals surface area contributed by atoms with Crippen molar-refractivity contribution in [1.82, 2.24) is 0 Å². The van der Waals surface area contributed by atoms with Crippen molar-refractivity contribution < 1.29 is 9.90 Å². The SMILES string of the molecule is CCC(C)CC(=O)C1(O)CCCCCC1. The van der Waals surface area contributed by atoms with E-state index in [1.807, 2.05) is 0 Å². The molecule has 1 aliphatic carbocycles. The van der Waals surface area contributed by atoms with Crippen molar-refractivity contribution in [2.24, 2.45) is 5.92 Å². The second-order valence-corrected chi connectivity index (χ2v) is 5.09. The summed E-state index contributed by atoms with van der Waals surface area (Å²) in [6.07, 6.45) is 7.27. The zero-order valence-electron chi connectivity index (χ0n) is 10.1. The lowest BCUT2D eigenvalue weighted by Crippen LogP contribution is -2.38. The minimum Gasteiger partial charge on any atom is -0.382 e. The second kappa shape index (κ2) is 5.64. The summed E-state index contributed by atoms with van der Waals surface area (Å²) in [4.78, 5) is 12.0. The molecule has 0 heterocycles. The van der Waals surface area contributed by atoms with Crippen LogP contribution in [-0.4, -0.2) is 16.5 Å². The van der Waals surface area contributed by atoms with Gasteiger partial charge in [0, 0.05) is 6.42 Å². The van der Waals surface area contributed by atoms with Gasteiger partial charge in [0.1, 0.15) is 5.60 Å². The molecule has 0 spiro atoms. The van der Waals surface area contributed by atoms with Gasteiger partial charge in [-0.05, 0) is 18.8 Å². The molecule has 1 N–H and O–H groups in total. The molecule has 0 saturated heterocycles. The minimum atomic E-state index is -0.986. The average molecular weight is 212 g/mol. The van der Waals surface area contributed by atoms with Gasteiger partial charge in [0.2, 0.25) is 0 Å². The van der Waals surface area contributed by atoms with E-state index in [1.54, 1.807) is 0 Å². The van der Waals surface area contributed by atoms with Crippen LogP contribution in [0.3, 0.4) is 0 Å². The van der Waals surface area contributed by atoms with Crippen LogP contribution in [0.2, 0.25) is 0 Å². The van der Waals surface area contributed by atoms with E-state index in [-0.39, 0.29) is 5.78 Å². The molecule has 0 aromatic heterocycles. The number of aliphatic hydroxyl groups is 1. The number of carbonyl (C=O) groups excluding carboxylic acids is 1. The first-order valence-electron chi connectivity index (χ1n) is 6.34. The number of Topliss-reactive ketones (excluding diaryl/α,β-unsaturated/α-hetero) is 1. The number of hydrogen-bond donors (Lipinski definition) is 1. The highest BCUT2D eigenvalue weighted by Crippen LogP contribution is 2.29. The van der Waals surface area contributed by atoms with Crippen LogP contribution in [0.25, 0.3) is 0 Å². The van der Waals surface area contributed by atoms with Gasteiger partial charge < -0.3 is 5.11 Å². The molecule has 0 aromatic carbocycles. The van der Waals surface area contributed by atoms with Crippen molar-refractivity contribution in [3.05, 3.63) is 0 Å². The summed E-state index contributed by atoms with van der Waals surface area (Å²) in [6, 6.07) is 0. The lowest BCUT2D eigenvalue weighted by molar-refractivity contribution is -0.139. The fourth-order valence-corrected chi connectivity index (χ4v) is 2.24. The molecule has 0 bridgehead atoms. The zero-order chi connectivity index (χ0) is 11.3. The van der Waals surface area contributed by atoms with Crippen LogP contribution in [0.4, 0.5) is 0 Å². The molecule has 1 rings (SSSR count). The van der Waals surface area contributed by atoms with Crippen LogP contribution in [0.1, 0.15) is 65.2 Å². The molecule has 15 heavy (non-hydrogen) atoms. The Kier molecular flexibility index (Phi) is 4.78. The van der Waals surface area contributed by atoms with E-state index in [4.69, 9.17) is 0 Å². The third-order valence-corrected chi connectivity index (χ3v) is 3.68. The quantitative estimate of drug-likeness (QED) is 0.727. The van der Waals surface area contributed by atoms with Gasteiger partial charge in [-0.3, -0.25) is 4.79 Å².